The van der Waals surface area contributed by atoms with Crippen molar-refractivity contribution in [1.29, 1.82) is 0 Å². The summed E-state index contributed by atoms with van der Waals surface area (Å²) in [6.45, 7) is 9.44. The monoisotopic (exact) mass is 211 g/mol. The van der Waals surface area contributed by atoms with Gasteiger partial charge in [-0.05, 0) is 32.4 Å². The first-order valence-electron chi connectivity index (χ1n) is 7.04. The summed E-state index contributed by atoms with van der Waals surface area (Å²) in [6, 6.07) is 0. The van der Waals surface area contributed by atoms with Gasteiger partial charge < -0.3 is 0 Å². The lowest BCUT2D eigenvalue weighted by Crippen LogP contribution is -2.49. The summed E-state index contributed by atoms with van der Waals surface area (Å²) in [5, 5.41) is 0. The average Bonchev–Trinajstić information content (AvgIpc) is 2.29. The molecule has 0 spiro atoms. The smallest absolute Gasteiger partial charge is 0.0209 e. The second-order valence-electron chi connectivity index (χ2n) is 5.06. The fraction of sp³-hybridized carbons (Fsp3) is 1.00. The first-order valence-corrected chi connectivity index (χ1v) is 7.04. The molecule has 0 atom stereocenters. The second kappa shape index (κ2) is 6.52. The van der Waals surface area contributed by atoms with Crippen LogP contribution < -0.4 is 0 Å². The van der Waals surface area contributed by atoms with Gasteiger partial charge in [0.05, 0.1) is 0 Å². The fourth-order valence-electron chi connectivity index (χ4n) is 3.33. The molecular formula is C14H29N. The summed E-state index contributed by atoms with van der Waals surface area (Å²) in [5.41, 5.74) is 0.581. The Hall–Kier alpha value is -0.0400. The van der Waals surface area contributed by atoms with Crippen molar-refractivity contribution < 1.29 is 0 Å². The van der Waals surface area contributed by atoms with Crippen molar-refractivity contribution in [3.8, 4) is 0 Å². The van der Waals surface area contributed by atoms with E-state index < -0.39 is 0 Å². The topological polar surface area (TPSA) is 3.24 Å². The third kappa shape index (κ3) is 3.21. The summed E-state index contributed by atoms with van der Waals surface area (Å²) < 4.78 is 0. The van der Waals surface area contributed by atoms with Crippen LogP contribution in [0.25, 0.3) is 0 Å². The fourth-order valence-corrected chi connectivity index (χ4v) is 3.33. The Kier molecular flexibility index (Phi) is 5.66. The van der Waals surface area contributed by atoms with E-state index in [4.69, 9.17) is 0 Å². The predicted molar refractivity (Wildman–Crippen MR) is 68.3 cm³/mol. The normalized spacial score (nSPS) is 20.8. The summed E-state index contributed by atoms with van der Waals surface area (Å²) in [7, 11) is 0. The van der Waals surface area contributed by atoms with Crippen LogP contribution >= 0.6 is 0 Å². The molecule has 0 bridgehead atoms. The molecule has 0 aromatic carbocycles. The Morgan fingerprint density at radius 1 is 0.933 bits per heavy atom. The summed E-state index contributed by atoms with van der Waals surface area (Å²) in [5.74, 6) is 0. The van der Waals surface area contributed by atoms with E-state index in [0.29, 0.717) is 5.54 Å². The van der Waals surface area contributed by atoms with Gasteiger partial charge in [0.25, 0.3) is 0 Å². The highest BCUT2D eigenvalue weighted by atomic mass is 15.2. The van der Waals surface area contributed by atoms with Gasteiger partial charge in [-0.3, -0.25) is 4.90 Å². The maximum absolute atomic E-state index is 2.74. The lowest BCUT2D eigenvalue weighted by atomic mass is 9.77. The quantitative estimate of drug-likeness (QED) is 0.636. The van der Waals surface area contributed by atoms with Gasteiger partial charge in [-0.1, -0.05) is 52.9 Å². The van der Waals surface area contributed by atoms with Crippen molar-refractivity contribution in [3.05, 3.63) is 0 Å². The van der Waals surface area contributed by atoms with Gasteiger partial charge >= 0.3 is 0 Å². The molecule has 1 saturated carbocycles. The largest absolute Gasteiger partial charge is 0.298 e. The van der Waals surface area contributed by atoms with Gasteiger partial charge in [-0.15, -0.1) is 0 Å². The van der Waals surface area contributed by atoms with Crippen molar-refractivity contribution in [3.63, 3.8) is 0 Å². The number of hydrogen-bond acceptors (Lipinski definition) is 1. The third-order valence-electron chi connectivity index (χ3n) is 4.21. The lowest BCUT2D eigenvalue weighted by Gasteiger charge is -2.46. The molecule has 0 saturated heterocycles. The zero-order chi connectivity index (χ0) is 11.1. The minimum Gasteiger partial charge on any atom is -0.298 e. The Morgan fingerprint density at radius 3 is 2.00 bits per heavy atom. The molecule has 0 unspecified atom stereocenters. The van der Waals surface area contributed by atoms with Crippen LogP contribution in [0.4, 0.5) is 0 Å². The molecule has 1 heteroatoms. The third-order valence-corrected chi connectivity index (χ3v) is 4.21. The Labute approximate surface area is 96.2 Å². The van der Waals surface area contributed by atoms with Crippen LogP contribution in [-0.2, 0) is 0 Å². The number of unbranched alkanes of at least 4 members (excludes halogenated alkanes) is 1. The van der Waals surface area contributed by atoms with Crippen molar-refractivity contribution in [2.75, 3.05) is 13.1 Å². The van der Waals surface area contributed by atoms with Crippen molar-refractivity contribution >= 4 is 0 Å². The average molecular weight is 211 g/mol. The maximum atomic E-state index is 2.74. The van der Waals surface area contributed by atoms with Gasteiger partial charge in [0.1, 0.15) is 0 Å². The highest BCUT2D eigenvalue weighted by Crippen LogP contribution is 2.37. The maximum Gasteiger partial charge on any atom is 0.0209 e. The Bertz CT molecular complexity index is 155. The van der Waals surface area contributed by atoms with Crippen molar-refractivity contribution in [1.82, 2.24) is 4.90 Å². The molecule has 0 radical (unpaired) electrons. The molecule has 90 valence electrons. The first kappa shape index (κ1) is 13.0. The molecular weight excluding hydrogens is 182 g/mol. The zero-order valence-electron chi connectivity index (χ0n) is 11.0. The van der Waals surface area contributed by atoms with E-state index in [2.05, 4.69) is 25.7 Å². The highest BCUT2D eigenvalue weighted by molar-refractivity contribution is 4.92. The molecule has 0 aromatic heterocycles. The second-order valence-corrected chi connectivity index (χ2v) is 5.06. The molecule has 1 aliphatic rings. The molecule has 0 amide bonds. The minimum atomic E-state index is 0.581. The van der Waals surface area contributed by atoms with Crippen LogP contribution in [0.1, 0.15) is 72.1 Å². The van der Waals surface area contributed by atoms with Crippen LogP contribution in [0.5, 0.6) is 0 Å². The molecule has 1 fully saturated rings. The van der Waals surface area contributed by atoms with E-state index in [1.54, 1.807) is 0 Å². The minimum absolute atomic E-state index is 0.581. The standard InChI is InChI=1S/C14H29N/c1-4-7-11-14(15(5-2)6-3)12-9-8-10-13-14/h4-13H2,1-3H3. The van der Waals surface area contributed by atoms with Gasteiger partial charge in [-0.2, -0.15) is 0 Å². The number of nitrogens with zero attached hydrogens (tertiary/aromatic N) is 1. The van der Waals surface area contributed by atoms with Crippen molar-refractivity contribution in [2.24, 2.45) is 0 Å². The molecule has 1 nitrogen and oxygen atoms in total. The van der Waals surface area contributed by atoms with Gasteiger partial charge in [-0.25, -0.2) is 0 Å². The lowest BCUT2D eigenvalue weighted by molar-refractivity contribution is 0.0492. The number of rotatable bonds is 6. The first-order chi connectivity index (χ1) is 7.29. The van der Waals surface area contributed by atoms with E-state index in [0.717, 1.165) is 0 Å². The van der Waals surface area contributed by atoms with Crippen molar-refractivity contribution in [2.45, 2.75) is 77.7 Å². The highest BCUT2D eigenvalue weighted by Gasteiger charge is 2.35. The zero-order valence-corrected chi connectivity index (χ0v) is 11.0. The van der Waals surface area contributed by atoms with E-state index in [1.165, 1.54) is 64.5 Å². The predicted octanol–water partition coefficient (Wildman–Crippen LogP) is 4.22. The summed E-state index contributed by atoms with van der Waals surface area (Å²) >= 11 is 0. The molecule has 0 N–H and O–H groups in total. The molecule has 0 aliphatic heterocycles. The van der Waals surface area contributed by atoms with Crippen LogP contribution in [0.2, 0.25) is 0 Å². The van der Waals surface area contributed by atoms with Crippen LogP contribution in [0.15, 0.2) is 0 Å². The van der Waals surface area contributed by atoms with E-state index in [-0.39, 0.29) is 0 Å². The summed E-state index contributed by atoms with van der Waals surface area (Å²) in [4.78, 5) is 2.74. The molecule has 1 rings (SSSR count). The van der Waals surface area contributed by atoms with E-state index in [1.807, 2.05) is 0 Å². The molecule has 0 aromatic rings. The SMILES string of the molecule is CCCCC1(N(CC)CC)CCCCC1. The van der Waals surface area contributed by atoms with Gasteiger partial charge in [0.15, 0.2) is 0 Å². The van der Waals surface area contributed by atoms with E-state index >= 15 is 0 Å². The molecule has 15 heavy (non-hydrogen) atoms. The Morgan fingerprint density at radius 2 is 1.53 bits per heavy atom. The summed E-state index contributed by atoms with van der Waals surface area (Å²) in [6.07, 6.45) is 11.5. The van der Waals surface area contributed by atoms with E-state index in [9.17, 15) is 0 Å². The number of hydrogen-bond donors (Lipinski definition) is 0. The van der Waals surface area contributed by atoms with Crippen LogP contribution in [0.3, 0.4) is 0 Å². The van der Waals surface area contributed by atoms with Crippen LogP contribution in [0, 0.1) is 0 Å². The molecule has 0 heterocycles. The van der Waals surface area contributed by atoms with Crippen LogP contribution in [-0.4, -0.2) is 23.5 Å². The van der Waals surface area contributed by atoms with Gasteiger partial charge in [0, 0.05) is 5.54 Å². The Balaban J connectivity index is 2.64. The van der Waals surface area contributed by atoms with Gasteiger partial charge in [0.2, 0.25) is 0 Å². The molecule has 1 aliphatic carbocycles.